The molecule has 0 radical (unpaired) electrons. The fourth-order valence-corrected chi connectivity index (χ4v) is 3.01. The third-order valence-corrected chi connectivity index (χ3v) is 4.41. The van der Waals surface area contributed by atoms with Crippen molar-refractivity contribution in [3.8, 4) is 22.8 Å². The van der Waals surface area contributed by atoms with Gasteiger partial charge in [0.2, 0.25) is 0 Å². The van der Waals surface area contributed by atoms with Crippen LogP contribution in [-0.4, -0.2) is 29.8 Å². The van der Waals surface area contributed by atoms with Gasteiger partial charge in [-0.3, -0.25) is 5.10 Å². The van der Waals surface area contributed by atoms with Gasteiger partial charge >= 0.3 is 6.18 Å². The van der Waals surface area contributed by atoms with Crippen LogP contribution in [0.2, 0.25) is 0 Å². The molecule has 3 heterocycles. The summed E-state index contributed by atoms with van der Waals surface area (Å²) in [6, 6.07) is 14.1. The lowest BCUT2D eigenvalue weighted by Crippen LogP contribution is -2.03. The smallest absolute Gasteiger partial charge is 0.274 e. The first-order chi connectivity index (χ1) is 13.5. The average Bonchev–Trinajstić information content (AvgIpc) is 3.34. The van der Waals surface area contributed by atoms with Crippen molar-refractivity contribution >= 4 is 16.6 Å². The number of nitrogens with one attached hydrogen (secondary N) is 1. The SMILES string of the molecule is FC(F)(F)c1ccc(-c2cc(-c3nc4c5ccccc5ncn4n3)[nH]n2)cc1. The van der Waals surface area contributed by atoms with E-state index in [4.69, 9.17) is 0 Å². The number of benzene rings is 2. The molecule has 28 heavy (non-hydrogen) atoms. The van der Waals surface area contributed by atoms with Crippen molar-refractivity contribution in [2.75, 3.05) is 0 Å². The number of hydrogen-bond acceptors (Lipinski definition) is 4. The number of H-pyrrole nitrogens is 1. The fraction of sp³-hybridized carbons (Fsp3) is 0.0526. The topological polar surface area (TPSA) is 71.8 Å². The molecule has 0 bridgehead atoms. The van der Waals surface area contributed by atoms with E-state index in [2.05, 4.69) is 25.3 Å². The van der Waals surface area contributed by atoms with E-state index in [1.807, 2.05) is 24.3 Å². The van der Waals surface area contributed by atoms with Gasteiger partial charge in [-0.1, -0.05) is 24.3 Å². The molecule has 0 spiro atoms. The summed E-state index contributed by atoms with van der Waals surface area (Å²) in [5.41, 5.74) is 2.39. The van der Waals surface area contributed by atoms with E-state index in [1.165, 1.54) is 12.1 Å². The van der Waals surface area contributed by atoms with Crippen molar-refractivity contribution < 1.29 is 13.2 Å². The molecule has 5 aromatic rings. The summed E-state index contributed by atoms with van der Waals surface area (Å²) in [5, 5.41) is 12.3. The molecule has 0 aliphatic rings. The van der Waals surface area contributed by atoms with Gasteiger partial charge in [-0.25, -0.2) is 14.5 Å². The van der Waals surface area contributed by atoms with Crippen LogP contribution in [0.3, 0.4) is 0 Å². The van der Waals surface area contributed by atoms with Crippen LogP contribution in [0.4, 0.5) is 13.2 Å². The summed E-state index contributed by atoms with van der Waals surface area (Å²) in [5.74, 6) is 0.420. The minimum atomic E-state index is -4.37. The largest absolute Gasteiger partial charge is 0.416 e. The zero-order valence-electron chi connectivity index (χ0n) is 14.1. The Labute approximate surface area is 155 Å². The number of fused-ring (bicyclic) bond motifs is 3. The van der Waals surface area contributed by atoms with E-state index in [0.717, 1.165) is 23.0 Å². The summed E-state index contributed by atoms with van der Waals surface area (Å²) in [6.07, 6.45) is -2.78. The predicted molar refractivity (Wildman–Crippen MR) is 96.3 cm³/mol. The Kier molecular flexibility index (Phi) is 3.45. The molecule has 2 aromatic carbocycles. The Balaban J connectivity index is 1.53. The molecule has 3 aromatic heterocycles. The highest BCUT2D eigenvalue weighted by Crippen LogP contribution is 2.31. The van der Waals surface area contributed by atoms with Crippen LogP contribution in [0.1, 0.15) is 5.56 Å². The van der Waals surface area contributed by atoms with Gasteiger partial charge in [0.15, 0.2) is 11.5 Å². The Morgan fingerprint density at radius 1 is 0.964 bits per heavy atom. The second-order valence-corrected chi connectivity index (χ2v) is 6.21. The molecule has 0 aliphatic heterocycles. The van der Waals surface area contributed by atoms with Crippen molar-refractivity contribution in [2.45, 2.75) is 6.18 Å². The Morgan fingerprint density at radius 3 is 2.54 bits per heavy atom. The molecule has 0 amide bonds. The summed E-state index contributed by atoms with van der Waals surface area (Å²) in [4.78, 5) is 8.90. The maximum absolute atomic E-state index is 12.7. The number of para-hydroxylation sites is 1. The average molecular weight is 380 g/mol. The second-order valence-electron chi connectivity index (χ2n) is 6.21. The Bertz CT molecular complexity index is 1300. The standard InChI is InChI=1S/C19H11F3N6/c20-19(21,22)12-7-5-11(6-8-12)15-9-16(26-25-15)17-24-18-13-3-1-2-4-14(13)23-10-28(18)27-17/h1-10H,(H,25,26). The molecule has 0 fully saturated rings. The maximum atomic E-state index is 12.7. The van der Waals surface area contributed by atoms with Crippen LogP contribution in [0.5, 0.6) is 0 Å². The van der Waals surface area contributed by atoms with Gasteiger partial charge in [0.25, 0.3) is 0 Å². The van der Waals surface area contributed by atoms with Crippen molar-refractivity contribution in [3.05, 3.63) is 66.5 Å². The van der Waals surface area contributed by atoms with Crippen molar-refractivity contribution in [3.63, 3.8) is 0 Å². The molecule has 0 aliphatic carbocycles. The first-order valence-corrected chi connectivity index (χ1v) is 8.32. The van der Waals surface area contributed by atoms with Crippen LogP contribution in [0, 0.1) is 0 Å². The number of hydrogen-bond donors (Lipinski definition) is 1. The van der Waals surface area contributed by atoms with Crippen LogP contribution in [0.15, 0.2) is 60.9 Å². The van der Waals surface area contributed by atoms with Crippen molar-refractivity contribution in [1.82, 2.24) is 29.8 Å². The molecular formula is C19H11F3N6. The Hall–Kier alpha value is -3.75. The maximum Gasteiger partial charge on any atom is 0.416 e. The lowest BCUT2D eigenvalue weighted by atomic mass is 10.1. The van der Waals surface area contributed by atoms with E-state index in [0.29, 0.717) is 28.4 Å². The fourth-order valence-electron chi connectivity index (χ4n) is 3.01. The number of rotatable bonds is 2. The first kappa shape index (κ1) is 16.4. The molecule has 0 atom stereocenters. The van der Waals surface area contributed by atoms with Crippen molar-refractivity contribution in [2.24, 2.45) is 0 Å². The van der Waals surface area contributed by atoms with E-state index in [1.54, 1.807) is 16.9 Å². The third-order valence-electron chi connectivity index (χ3n) is 4.41. The molecule has 0 unspecified atom stereocenters. The summed E-state index contributed by atoms with van der Waals surface area (Å²) >= 11 is 0. The zero-order valence-corrected chi connectivity index (χ0v) is 14.1. The monoisotopic (exact) mass is 380 g/mol. The molecule has 0 saturated carbocycles. The number of aromatic amines is 1. The van der Waals surface area contributed by atoms with E-state index < -0.39 is 11.7 Å². The lowest BCUT2D eigenvalue weighted by Gasteiger charge is -2.06. The second kappa shape index (κ2) is 5.88. The lowest BCUT2D eigenvalue weighted by molar-refractivity contribution is -0.137. The number of halogens is 3. The van der Waals surface area contributed by atoms with Gasteiger partial charge in [-0.2, -0.15) is 18.3 Å². The molecule has 6 nitrogen and oxygen atoms in total. The van der Waals surface area contributed by atoms with E-state index in [-0.39, 0.29) is 0 Å². The number of alkyl halides is 3. The van der Waals surface area contributed by atoms with Gasteiger partial charge in [0.1, 0.15) is 12.0 Å². The van der Waals surface area contributed by atoms with Gasteiger partial charge in [0.05, 0.1) is 16.8 Å². The van der Waals surface area contributed by atoms with Gasteiger partial charge in [-0.05, 0) is 30.3 Å². The summed E-state index contributed by atoms with van der Waals surface area (Å²) < 4.78 is 39.7. The normalized spacial score (nSPS) is 12.1. The molecule has 138 valence electrons. The minimum absolute atomic E-state index is 0.420. The summed E-state index contributed by atoms with van der Waals surface area (Å²) in [6.45, 7) is 0. The molecule has 5 rings (SSSR count). The first-order valence-electron chi connectivity index (χ1n) is 8.32. The number of aromatic nitrogens is 6. The zero-order chi connectivity index (χ0) is 19.3. The quantitative estimate of drug-likeness (QED) is 0.494. The molecule has 0 saturated heterocycles. The van der Waals surface area contributed by atoms with Gasteiger partial charge in [-0.15, -0.1) is 5.10 Å². The highest BCUT2D eigenvalue weighted by Gasteiger charge is 2.30. The minimum Gasteiger partial charge on any atom is -0.274 e. The molecule has 9 heteroatoms. The third kappa shape index (κ3) is 2.68. The van der Waals surface area contributed by atoms with E-state index >= 15 is 0 Å². The Morgan fingerprint density at radius 2 is 1.75 bits per heavy atom. The van der Waals surface area contributed by atoms with Crippen LogP contribution in [0.25, 0.3) is 39.3 Å². The highest BCUT2D eigenvalue weighted by atomic mass is 19.4. The van der Waals surface area contributed by atoms with Gasteiger partial charge < -0.3 is 0 Å². The van der Waals surface area contributed by atoms with Crippen LogP contribution in [-0.2, 0) is 6.18 Å². The van der Waals surface area contributed by atoms with Crippen LogP contribution >= 0.6 is 0 Å². The van der Waals surface area contributed by atoms with Gasteiger partial charge in [0, 0.05) is 10.9 Å². The van der Waals surface area contributed by atoms with Crippen molar-refractivity contribution in [1.29, 1.82) is 0 Å². The summed E-state index contributed by atoms with van der Waals surface area (Å²) in [7, 11) is 0. The number of nitrogens with zero attached hydrogens (tertiary/aromatic N) is 5. The predicted octanol–water partition coefficient (Wildman–Crippen LogP) is 4.35. The molecular weight excluding hydrogens is 369 g/mol. The highest BCUT2D eigenvalue weighted by molar-refractivity contribution is 5.91. The molecule has 1 N–H and O–H groups in total. The van der Waals surface area contributed by atoms with Crippen LogP contribution < -0.4 is 0 Å². The van der Waals surface area contributed by atoms with E-state index in [9.17, 15) is 13.2 Å².